The number of rotatable bonds is 6. The van der Waals surface area contributed by atoms with Crippen molar-refractivity contribution >= 4 is 52.4 Å². The zero-order valence-corrected chi connectivity index (χ0v) is 16.6. The molecule has 0 unspecified atom stereocenters. The quantitative estimate of drug-likeness (QED) is 0.398. The van der Waals surface area contributed by atoms with Crippen molar-refractivity contribution in [2.75, 3.05) is 7.11 Å². The van der Waals surface area contributed by atoms with Crippen molar-refractivity contribution in [2.24, 2.45) is 11.5 Å². The molecule has 0 spiro atoms. The van der Waals surface area contributed by atoms with E-state index in [9.17, 15) is 0 Å². The summed E-state index contributed by atoms with van der Waals surface area (Å²) in [5.74, 6) is 0.958. The Kier molecular flexibility index (Phi) is 9.33. The topological polar surface area (TPSA) is 118 Å². The number of hydrogen-bond donors (Lipinski definition) is 4. The molecular weight excluding hydrogens is 431 g/mol. The first-order valence-corrected chi connectivity index (χ1v) is 7.49. The molecule has 0 saturated heterocycles. The van der Waals surface area contributed by atoms with Crippen molar-refractivity contribution in [3.05, 3.63) is 57.6 Å². The maximum absolute atomic E-state index is 7.50. The second-order valence-electron chi connectivity index (χ2n) is 4.81. The molecule has 2 aromatic rings. The molecule has 0 fully saturated rings. The number of methoxy groups -OCH3 is 1. The number of nitrogens with two attached hydrogens (primary N) is 2. The zero-order valence-electron chi connectivity index (χ0n) is 13.3. The molecule has 2 rings (SSSR count). The average molecular weight is 450 g/mol. The van der Waals surface area contributed by atoms with Crippen LogP contribution in [-0.4, -0.2) is 18.8 Å². The predicted octanol–water partition coefficient (Wildman–Crippen LogP) is 3.45. The van der Waals surface area contributed by atoms with Gasteiger partial charge in [0.1, 0.15) is 18.3 Å². The summed E-state index contributed by atoms with van der Waals surface area (Å²) in [6.45, 7) is 0.287. The van der Waals surface area contributed by atoms with E-state index in [2.05, 4.69) is 15.9 Å². The van der Waals surface area contributed by atoms with Gasteiger partial charge in [-0.1, -0.05) is 18.2 Å². The Morgan fingerprint density at radius 1 is 1.04 bits per heavy atom. The molecule has 0 heterocycles. The van der Waals surface area contributed by atoms with Crippen molar-refractivity contribution in [1.82, 2.24) is 0 Å². The molecule has 0 aliphatic carbocycles. The van der Waals surface area contributed by atoms with E-state index < -0.39 is 0 Å². The lowest BCUT2D eigenvalue weighted by atomic mass is 10.1. The number of hydrogen-bond acceptors (Lipinski definition) is 4. The molecule has 9 heteroatoms. The standard InChI is InChI=1S/C16H17BrN4O2.2ClH/c1-22-13-7-11(16(20)21)6-12(17)14(13)23-8-9-3-2-4-10(5-9)15(18)19;;/h2-7H,8H2,1H3,(H3,18,19)(H3,20,21);2*1H. The van der Waals surface area contributed by atoms with Crippen LogP contribution in [0.2, 0.25) is 0 Å². The van der Waals surface area contributed by atoms with Crippen LogP contribution in [0.15, 0.2) is 40.9 Å². The van der Waals surface area contributed by atoms with Crippen LogP contribution in [0.5, 0.6) is 11.5 Å². The van der Waals surface area contributed by atoms with Gasteiger partial charge in [0.2, 0.25) is 0 Å². The van der Waals surface area contributed by atoms with Gasteiger partial charge in [-0.25, -0.2) is 0 Å². The Bertz CT molecular complexity index is 772. The minimum Gasteiger partial charge on any atom is -0.493 e. The first-order chi connectivity index (χ1) is 10.9. The molecule has 0 aliphatic heterocycles. The minimum absolute atomic E-state index is 0. The summed E-state index contributed by atoms with van der Waals surface area (Å²) in [6.07, 6.45) is 0. The Morgan fingerprint density at radius 3 is 2.24 bits per heavy atom. The van der Waals surface area contributed by atoms with Gasteiger partial charge >= 0.3 is 0 Å². The fourth-order valence-corrected chi connectivity index (χ4v) is 2.56. The summed E-state index contributed by atoms with van der Waals surface area (Å²) in [6, 6.07) is 10.6. The molecule has 0 amide bonds. The summed E-state index contributed by atoms with van der Waals surface area (Å²) in [5.41, 5.74) is 13.0. The largest absolute Gasteiger partial charge is 0.493 e. The highest BCUT2D eigenvalue weighted by atomic mass is 79.9. The Morgan fingerprint density at radius 2 is 1.68 bits per heavy atom. The lowest BCUT2D eigenvalue weighted by molar-refractivity contribution is 0.282. The monoisotopic (exact) mass is 448 g/mol. The normalized spacial score (nSPS) is 9.36. The summed E-state index contributed by atoms with van der Waals surface area (Å²) >= 11 is 3.41. The molecule has 0 radical (unpaired) electrons. The fraction of sp³-hybridized carbons (Fsp3) is 0.125. The molecule has 0 aliphatic rings. The van der Waals surface area contributed by atoms with Gasteiger partial charge in [0, 0.05) is 11.1 Å². The number of benzene rings is 2. The van der Waals surface area contributed by atoms with Crippen LogP contribution in [0.25, 0.3) is 0 Å². The lowest BCUT2D eigenvalue weighted by Gasteiger charge is -2.14. The van der Waals surface area contributed by atoms with E-state index in [-0.39, 0.29) is 43.1 Å². The van der Waals surface area contributed by atoms with E-state index in [4.69, 9.17) is 31.8 Å². The van der Waals surface area contributed by atoms with E-state index in [1.807, 2.05) is 12.1 Å². The average Bonchev–Trinajstić information content (AvgIpc) is 2.53. The van der Waals surface area contributed by atoms with Crippen molar-refractivity contribution in [3.63, 3.8) is 0 Å². The van der Waals surface area contributed by atoms with Gasteiger partial charge in [-0.05, 0) is 39.7 Å². The van der Waals surface area contributed by atoms with Crippen molar-refractivity contribution in [1.29, 1.82) is 10.8 Å². The van der Waals surface area contributed by atoms with Crippen LogP contribution in [0.4, 0.5) is 0 Å². The van der Waals surface area contributed by atoms with E-state index in [1.165, 1.54) is 7.11 Å². The Hall–Kier alpha value is -1.96. The van der Waals surface area contributed by atoms with Gasteiger partial charge in [0.05, 0.1) is 11.6 Å². The third kappa shape index (κ3) is 5.81. The maximum Gasteiger partial charge on any atom is 0.175 e. The number of nitrogens with one attached hydrogen (secondary N) is 2. The number of amidine groups is 2. The van der Waals surface area contributed by atoms with Crippen LogP contribution in [0, 0.1) is 10.8 Å². The molecule has 0 bridgehead atoms. The molecule has 0 atom stereocenters. The van der Waals surface area contributed by atoms with Crippen molar-refractivity contribution in [2.45, 2.75) is 6.61 Å². The van der Waals surface area contributed by atoms with Crippen LogP contribution >= 0.6 is 40.7 Å². The fourth-order valence-electron chi connectivity index (χ4n) is 2.00. The number of halogens is 3. The SMILES string of the molecule is COc1cc(C(=N)N)cc(Br)c1OCc1cccc(C(=N)N)c1.Cl.Cl. The first-order valence-electron chi connectivity index (χ1n) is 6.70. The number of nitrogen functional groups attached to an aromatic ring is 2. The summed E-state index contributed by atoms with van der Waals surface area (Å²) in [4.78, 5) is 0. The molecule has 0 aromatic heterocycles. The molecule has 6 N–H and O–H groups in total. The maximum atomic E-state index is 7.50. The van der Waals surface area contributed by atoms with Crippen LogP contribution in [0.1, 0.15) is 16.7 Å². The molecule has 2 aromatic carbocycles. The second kappa shape index (κ2) is 10.1. The van der Waals surface area contributed by atoms with Crippen LogP contribution < -0.4 is 20.9 Å². The Balaban J connectivity index is 0.00000288. The summed E-state index contributed by atoms with van der Waals surface area (Å²) < 4.78 is 11.8. The molecule has 25 heavy (non-hydrogen) atoms. The highest BCUT2D eigenvalue weighted by Gasteiger charge is 2.13. The van der Waals surface area contributed by atoms with Gasteiger partial charge in [-0.2, -0.15) is 0 Å². The highest BCUT2D eigenvalue weighted by Crippen LogP contribution is 2.37. The van der Waals surface area contributed by atoms with Gasteiger partial charge < -0.3 is 20.9 Å². The third-order valence-electron chi connectivity index (χ3n) is 3.16. The Labute approximate surface area is 166 Å². The predicted molar refractivity (Wildman–Crippen MR) is 108 cm³/mol. The molecule has 136 valence electrons. The molecule has 0 saturated carbocycles. The smallest absolute Gasteiger partial charge is 0.175 e. The molecular formula is C16H19BrCl2N4O2. The third-order valence-corrected chi connectivity index (χ3v) is 3.75. The van der Waals surface area contributed by atoms with Crippen LogP contribution in [0.3, 0.4) is 0 Å². The van der Waals surface area contributed by atoms with Crippen LogP contribution in [-0.2, 0) is 6.61 Å². The van der Waals surface area contributed by atoms with E-state index in [1.54, 1.807) is 24.3 Å². The van der Waals surface area contributed by atoms with E-state index >= 15 is 0 Å². The van der Waals surface area contributed by atoms with E-state index in [0.717, 1.165) is 5.56 Å². The first kappa shape index (κ1) is 23.0. The van der Waals surface area contributed by atoms with Gasteiger partial charge in [-0.15, -0.1) is 24.8 Å². The summed E-state index contributed by atoms with van der Waals surface area (Å²) in [5, 5.41) is 15.0. The van der Waals surface area contributed by atoms with Crippen molar-refractivity contribution in [3.8, 4) is 11.5 Å². The second-order valence-corrected chi connectivity index (χ2v) is 5.66. The van der Waals surface area contributed by atoms with E-state index in [0.29, 0.717) is 27.1 Å². The molecule has 6 nitrogen and oxygen atoms in total. The van der Waals surface area contributed by atoms with Gasteiger partial charge in [0.15, 0.2) is 11.5 Å². The highest BCUT2D eigenvalue weighted by molar-refractivity contribution is 9.10. The van der Waals surface area contributed by atoms with Crippen molar-refractivity contribution < 1.29 is 9.47 Å². The van der Waals surface area contributed by atoms with Gasteiger partial charge in [0.25, 0.3) is 0 Å². The number of ether oxygens (including phenoxy) is 2. The minimum atomic E-state index is -0.0512. The lowest BCUT2D eigenvalue weighted by Crippen LogP contribution is -2.12. The summed E-state index contributed by atoms with van der Waals surface area (Å²) in [7, 11) is 1.52. The van der Waals surface area contributed by atoms with Gasteiger partial charge in [-0.3, -0.25) is 10.8 Å². The zero-order chi connectivity index (χ0) is 17.0.